The molecule has 0 saturated heterocycles. The Balaban J connectivity index is 0.000000245. The number of imidazole rings is 1. The summed E-state index contributed by atoms with van der Waals surface area (Å²) in [7, 11) is -1.48. The number of allylic oxidation sites excluding steroid dienone is 4. The number of carbonyl (C=O) groups is 2. The molecule has 0 aliphatic rings. The molecular weight excluding hydrogens is 2680 g/mol. The molecule has 0 aliphatic carbocycles. The fourth-order valence-corrected chi connectivity index (χ4v) is 19.0. The average molecular weight is 2810 g/mol. The molecule has 721 valence electrons. The molecule has 7 heterocycles. The Hall–Kier alpha value is -11.0. The van der Waals surface area contributed by atoms with E-state index in [1.807, 2.05) is 129 Å². The third-order valence-electron chi connectivity index (χ3n) is 21.6. The maximum Gasteiger partial charge on any atom is 0 e. The first kappa shape index (κ1) is 95.5. The maximum absolute atomic E-state index is 10.0. The number of aliphatic hydroxyl groups excluding tert-OH is 2. The fourth-order valence-electron chi connectivity index (χ4n) is 15.3. The predicted molar refractivity (Wildman–Crippen MR) is 566 cm³/mol. The largest absolute Gasteiger partial charge is 0 e. The van der Waals surface area contributed by atoms with Gasteiger partial charge in [-0.3, -0.25) is 19.6 Å². The van der Waals surface area contributed by atoms with Crippen molar-refractivity contribution in [1.29, 1.82) is 0 Å². The zero-order valence-electron chi connectivity index (χ0n) is 94.3. The monoisotopic (exact) mass is 2810 g/mol. The minimum Gasteiger partial charge on any atom is 0 e. The van der Waals surface area contributed by atoms with Gasteiger partial charge in [0.05, 0.1) is 51.7 Å². The zero-order valence-corrected chi connectivity index (χ0v) is 96.4. The topological polar surface area (TPSA) is 169 Å². The van der Waals surface area contributed by atoms with Crippen molar-refractivity contribution < 1.29 is 138 Å². The van der Waals surface area contributed by atoms with Crippen LogP contribution in [0.25, 0.3) is 138 Å². The minimum absolute atomic E-state index is 0. The molecule has 0 amide bonds. The number of aromatic nitrogens is 8. The summed E-state index contributed by atoms with van der Waals surface area (Å²) in [6.07, 6.45) is 11.4. The molecule has 19 heteroatoms. The van der Waals surface area contributed by atoms with Crippen LogP contribution < -0.4 is 9.58 Å². The number of pyridine rings is 5. The van der Waals surface area contributed by atoms with Crippen molar-refractivity contribution in [3.8, 4) is 67.4 Å². The second-order valence-electron chi connectivity index (χ2n) is 35.3. The van der Waals surface area contributed by atoms with Gasteiger partial charge in [-0.05, 0) is 166 Å². The van der Waals surface area contributed by atoms with Crippen LogP contribution in [0.1, 0.15) is 135 Å². The number of aryl methyl sites for hydroxylation is 4. The molecule has 0 bridgehead atoms. The van der Waals surface area contributed by atoms with Gasteiger partial charge in [-0.25, -0.2) is 0 Å². The number of benzene rings is 12. The summed E-state index contributed by atoms with van der Waals surface area (Å²) in [5, 5.41) is 25.3. The molecule has 139 heavy (non-hydrogen) atoms. The van der Waals surface area contributed by atoms with E-state index in [0.29, 0.717) is 11.8 Å². The van der Waals surface area contributed by atoms with Gasteiger partial charge in [0.1, 0.15) is 0 Å². The SMILES string of the molecule is CC(=O)C=C(C)O.CC(=O)C=C(C)O.C[Si](C)(C)c1cc(-c2[c-]cccc2)ncc1-c1ccccc1.Cc1[c-]c(-c2nccc3c(C(C)C)cc(C(C)C)cc23)cc(C)c1.Cc1cccnc1-c1[c-]cccc1.Cc1cnc2c3[c-]cccc3c3ccccc3c2n1.[2H]c1[c-]c2c(c([2H])c1[2H])c1c([2H])c(C)c([2H])c([2H])c1n1c(-c3c(C)c([2H])c([2H])c([2H])c3C([2H])([2H])[2H])c([2H])nc21.[CH3][Ge]([CH3])([CH3])[c]1ccc(-c2[c-]cccc2)nc1.[Ir].[Ir].[Ir].[Ir].[Ir]. The van der Waals surface area contributed by atoms with Crippen LogP contribution in [-0.4, -0.2) is 82.4 Å². The average Bonchev–Trinajstić information content (AvgIpc) is 1.51. The first-order valence-electron chi connectivity index (χ1n) is 50.8. The predicted octanol–water partition coefficient (Wildman–Crippen LogP) is 29.4. The summed E-state index contributed by atoms with van der Waals surface area (Å²) in [5.74, 6) is 8.01. The molecule has 0 spiro atoms. The molecule has 0 unspecified atom stereocenters. The molecular formula is C120H118GeIr5N8O4Si-6. The van der Waals surface area contributed by atoms with E-state index in [2.05, 4.69) is 262 Å². The van der Waals surface area contributed by atoms with Gasteiger partial charge in [-0.15, -0.1) is 166 Å². The molecule has 2 N–H and O–H groups in total. The van der Waals surface area contributed by atoms with Crippen LogP contribution in [0.2, 0.25) is 36.9 Å². The Kier molecular flexibility index (Phi) is 36.8. The first-order valence-corrected chi connectivity index (χ1v) is 55.2. The summed E-state index contributed by atoms with van der Waals surface area (Å²) >= 11 is -1.72. The summed E-state index contributed by atoms with van der Waals surface area (Å²) < 4.78 is 112. The van der Waals surface area contributed by atoms with Crippen LogP contribution in [0.3, 0.4) is 0 Å². The summed E-state index contributed by atoms with van der Waals surface area (Å²) in [6.45, 7) is 30.0. The third-order valence-corrected chi connectivity index (χ3v) is 27.9. The second kappa shape index (κ2) is 53.6. The third kappa shape index (κ3) is 30.5. The molecule has 0 fully saturated rings. The van der Waals surface area contributed by atoms with Crippen molar-refractivity contribution >= 4 is 113 Å². The van der Waals surface area contributed by atoms with E-state index in [1.54, 1.807) is 0 Å². The van der Waals surface area contributed by atoms with Crippen LogP contribution in [0.15, 0.2) is 321 Å². The number of ketones is 2. The molecule has 12 aromatic carbocycles. The Morgan fingerprint density at radius 1 is 0.482 bits per heavy atom. The number of hydrogen-bond acceptors (Lipinski definition) is 11. The molecule has 19 rings (SSSR count). The van der Waals surface area contributed by atoms with Gasteiger partial charge in [-0.2, -0.15) is 0 Å². The van der Waals surface area contributed by atoms with Crippen LogP contribution in [-0.2, 0) is 110 Å². The quantitative estimate of drug-likeness (QED) is 0.0392. The Labute approximate surface area is 910 Å². The molecule has 5 radical (unpaired) electrons. The van der Waals surface area contributed by atoms with Gasteiger partial charge in [0, 0.05) is 167 Å². The molecule has 0 atom stereocenters. The standard InChI is InChI=1S/C24H19N2.C23H26N.C20H20NSi.C17H11N2.C14H16GeN.C12H10N.2C5H8O2.5Ir/c1-15-11-12-21-20(13-15)18-9-4-5-10-19(18)24-25-14-22(26(21)24)23-16(2)7-6-8-17(23)3;1-14(2)18-12-21(15(3)4)20-7-8-24-23(22(20)13-18)19-10-16(5)9-17(6)11-19;1-22(2,3)20-14-19(17-12-8-5-9-13-17)21-15-18(20)16-10-6-4-7-11-16;1-11-10-18-16-14-8-4-2-6-12(14)13-7-3-5-9-15(13)17(16)19-11;1-15(2,3)13-9-10-14(16-11-13)12-7-5-4-6-8-12;1-10-6-5-9-13-12(10)11-7-3-2-4-8-11;2*1-4(6)3-5(2)7;;;;;/h4-9,11-14H,1-3H3;7-10,12-15H,1-6H3;4-12,14-15H,1-3H3;2-7,9-10H,1H3;4-7,9-11H,1-3H3;2-7,9H,1H3;2*3,6H,1-2H3;;;;;/q6*-1;;;;;;;/i2D3,4D,5D,6D,7D,8D,9D,11D,12D,13D,14D;;;;;;;;;;;;. The molecule has 12 nitrogen and oxygen atoms in total. The van der Waals surface area contributed by atoms with Crippen molar-refractivity contribution in [2.24, 2.45) is 0 Å². The number of rotatable bonds is 12. The zero-order chi connectivity index (χ0) is 107. The smallest absolute Gasteiger partial charge is 0 e. The van der Waals surface area contributed by atoms with Gasteiger partial charge in [-0.1, -0.05) is 203 Å². The van der Waals surface area contributed by atoms with E-state index in [0.717, 1.165) is 78.1 Å². The Morgan fingerprint density at radius 2 is 1.09 bits per heavy atom. The van der Waals surface area contributed by atoms with Gasteiger partial charge >= 0.3 is 99.8 Å². The van der Waals surface area contributed by atoms with E-state index in [4.69, 9.17) is 38.0 Å². The maximum atomic E-state index is 10.0. The van der Waals surface area contributed by atoms with Crippen LogP contribution >= 0.6 is 0 Å². The van der Waals surface area contributed by atoms with E-state index in [9.17, 15) is 9.59 Å². The van der Waals surface area contributed by atoms with Gasteiger partial charge < -0.3 is 34.5 Å². The van der Waals surface area contributed by atoms with Crippen molar-refractivity contribution in [1.82, 2.24) is 39.3 Å². The van der Waals surface area contributed by atoms with Crippen molar-refractivity contribution in [3.63, 3.8) is 0 Å². The number of hydrogen-bond donors (Lipinski definition) is 2. The number of nitrogens with zero attached hydrogens (tertiary/aromatic N) is 8. The molecule has 7 aromatic heterocycles. The van der Waals surface area contributed by atoms with E-state index >= 15 is 0 Å². The number of fused-ring (bicyclic) bond motifs is 13. The number of aliphatic hydroxyl groups is 2. The second-order valence-corrected chi connectivity index (χ2v) is 51.0. The normalized spacial score (nSPS) is 12.4. The van der Waals surface area contributed by atoms with Crippen LogP contribution in [0, 0.1) is 84.8 Å². The minimum atomic E-state index is -2.94. The molecule has 0 saturated carbocycles. The van der Waals surface area contributed by atoms with E-state index in [-0.39, 0.29) is 185 Å². The van der Waals surface area contributed by atoms with Gasteiger partial charge in [0.25, 0.3) is 0 Å². The summed E-state index contributed by atoms with van der Waals surface area (Å²) in [6, 6.07) is 85.7. The van der Waals surface area contributed by atoms with Gasteiger partial charge in [0.2, 0.25) is 0 Å². The number of carbonyl (C=O) groups excluding carboxylic acids is 2. The van der Waals surface area contributed by atoms with Crippen molar-refractivity contribution in [3.05, 3.63) is 408 Å². The van der Waals surface area contributed by atoms with E-state index < -0.39 is 82.2 Å². The Bertz CT molecular complexity index is 8110. The molecule has 0 aliphatic heterocycles. The first-order chi connectivity index (χ1) is 69.5. The molecule has 19 aromatic rings. The van der Waals surface area contributed by atoms with Crippen molar-refractivity contribution in [2.45, 2.75) is 153 Å². The fraction of sp³-hybridized carbons (Fsp3) is 0.192. The van der Waals surface area contributed by atoms with Gasteiger partial charge in [0.15, 0.2) is 11.6 Å². The van der Waals surface area contributed by atoms with Crippen molar-refractivity contribution in [2.75, 3.05) is 0 Å². The van der Waals surface area contributed by atoms with E-state index in [1.165, 1.54) is 123 Å². The van der Waals surface area contributed by atoms with Crippen LogP contribution in [0.4, 0.5) is 0 Å². The van der Waals surface area contributed by atoms with Crippen LogP contribution in [0.5, 0.6) is 0 Å². The Morgan fingerprint density at radius 3 is 1.68 bits per heavy atom. The summed E-state index contributed by atoms with van der Waals surface area (Å²) in [4.78, 5) is 51.8. The summed E-state index contributed by atoms with van der Waals surface area (Å²) in [5.41, 5.74) is 18.8.